The Hall–Kier alpha value is -1.85. The van der Waals surface area contributed by atoms with E-state index in [-0.39, 0.29) is 11.2 Å². The van der Waals surface area contributed by atoms with Gasteiger partial charge in [0.2, 0.25) is 0 Å². The maximum absolute atomic E-state index is 11.8. The summed E-state index contributed by atoms with van der Waals surface area (Å²) in [5.74, 6) is 0. The lowest BCUT2D eigenvalue weighted by molar-refractivity contribution is 0.601. The van der Waals surface area contributed by atoms with E-state index < -0.39 is 0 Å². The van der Waals surface area contributed by atoms with Crippen LogP contribution < -0.4 is 16.6 Å². The maximum Gasteiger partial charge on any atom is 0.330 e. The summed E-state index contributed by atoms with van der Waals surface area (Å²) in [7, 11) is 3.11. The van der Waals surface area contributed by atoms with Gasteiger partial charge in [0.05, 0.1) is 0 Å². The number of halogens is 1. The Morgan fingerprint density at radius 2 is 1.80 bits per heavy atom. The number of aromatic nitrogens is 2. The van der Waals surface area contributed by atoms with Crippen molar-refractivity contribution in [2.45, 2.75) is 13.1 Å². The van der Waals surface area contributed by atoms with E-state index in [0.29, 0.717) is 23.8 Å². The molecule has 0 aliphatic carbocycles. The van der Waals surface area contributed by atoms with Crippen LogP contribution in [0.1, 0.15) is 11.3 Å². The van der Waals surface area contributed by atoms with Gasteiger partial charge in [0.15, 0.2) is 0 Å². The second-order valence-corrected chi connectivity index (χ2v) is 4.98. The minimum absolute atomic E-state index is 0.303. The van der Waals surface area contributed by atoms with Crippen molar-refractivity contribution in [1.82, 2.24) is 14.5 Å². The van der Waals surface area contributed by atoms with Crippen LogP contribution in [0.4, 0.5) is 0 Å². The quantitative estimate of drug-likeness (QED) is 0.916. The lowest BCUT2D eigenvalue weighted by Crippen LogP contribution is -2.39. The standard InChI is InChI=1S/C14H16ClN3O2/c1-17-11(7-13(19)18(2)14(17)20)9-16-8-10-5-3-4-6-12(10)15/h3-7,16H,8-9H2,1-2H3. The van der Waals surface area contributed by atoms with Gasteiger partial charge in [-0.1, -0.05) is 29.8 Å². The third-order valence-corrected chi connectivity index (χ3v) is 3.57. The van der Waals surface area contributed by atoms with Crippen molar-refractivity contribution >= 4 is 11.6 Å². The highest BCUT2D eigenvalue weighted by Crippen LogP contribution is 2.14. The second kappa shape index (κ2) is 6.07. The Balaban J connectivity index is 2.11. The predicted molar refractivity (Wildman–Crippen MR) is 78.9 cm³/mol. The molecule has 0 bridgehead atoms. The molecule has 1 N–H and O–H groups in total. The average Bonchev–Trinajstić information content (AvgIpc) is 2.44. The number of hydrogen-bond acceptors (Lipinski definition) is 3. The van der Waals surface area contributed by atoms with Crippen LogP contribution in [0, 0.1) is 0 Å². The molecule has 0 spiro atoms. The van der Waals surface area contributed by atoms with Crippen LogP contribution in [-0.4, -0.2) is 9.13 Å². The highest BCUT2D eigenvalue weighted by Gasteiger charge is 2.05. The van der Waals surface area contributed by atoms with Crippen LogP contribution in [0.25, 0.3) is 0 Å². The molecule has 0 saturated carbocycles. The van der Waals surface area contributed by atoms with Crippen molar-refractivity contribution in [3.63, 3.8) is 0 Å². The summed E-state index contributed by atoms with van der Waals surface area (Å²) >= 11 is 6.06. The molecule has 0 aliphatic heterocycles. The summed E-state index contributed by atoms with van der Waals surface area (Å²) < 4.78 is 2.54. The lowest BCUT2D eigenvalue weighted by atomic mass is 10.2. The largest absolute Gasteiger partial charge is 0.330 e. The molecule has 0 saturated heterocycles. The number of rotatable bonds is 4. The van der Waals surface area contributed by atoms with E-state index in [0.717, 1.165) is 10.1 Å². The lowest BCUT2D eigenvalue weighted by Gasteiger charge is -2.11. The van der Waals surface area contributed by atoms with Gasteiger partial charge in [-0.25, -0.2) is 4.79 Å². The molecule has 6 heteroatoms. The smallest absolute Gasteiger partial charge is 0.307 e. The zero-order valence-electron chi connectivity index (χ0n) is 11.4. The molecule has 0 amide bonds. The molecule has 1 aromatic carbocycles. The van der Waals surface area contributed by atoms with E-state index in [2.05, 4.69) is 5.32 Å². The summed E-state index contributed by atoms with van der Waals surface area (Å²) in [4.78, 5) is 23.4. The third kappa shape index (κ3) is 3.00. The molecular formula is C14H16ClN3O2. The predicted octanol–water partition coefficient (Wildman–Crippen LogP) is 1.03. The van der Waals surface area contributed by atoms with Crippen LogP contribution in [0.3, 0.4) is 0 Å². The van der Waals surface area contributed by atoms with Crippen LogP contribution in [-0.2, 0) is 27.2 Å². The van der Waals surface area contributed by atoms with Crippen molar-refractivity contribution < 1.29 is 0 Å². The van der Waals surface area contributed by atoms with Crippen molar-refractivity contribution in [1.29, 1.82) is 0 Å². The summed E-state index contributed by atoms with van der Waals surface area (Å²) in [5, 5.41) is 3.87. The molecule has 0 aliphatic rings. The molecule has 0 atom stereocenters. The fourth-order valence-corrected chi connectivity index (χ4v) is 2.12. The first-order valence-corrected chi connectivity index (χ1v) is 6.58. The molecule has 0 fully saturated rings. The van der Waals surface area contributed by atoms with Crippen LogP contribution in [0.2, 0.25) is 5.02 Å². The van der Waals surface area contributed by atoms with Gasteiger partial charge in [-0.15, -0.1) is 0 Å². The Morgan fingerprint density at radius 1 is 1.10 bits per heavy atom. The van der Waals surface area contributed by atoms with E-state index in [9.17, 15) is 9.59 Å². The van der Waals surface area contributed by atoms with Gasteiger partial charge in [-0.05, 0) is 11.6 Å². The molecule has 106 valence electrons. The molecule has 2 rings (SSSR count). The zero-order chi connectivity index (χ0) is 14.7. The Morgan fingerprint density at radius 3 is 2.50 bits per heavy atom. The monoisotopic (exact) mass is 293 g/mol. The first-order valence-electron chi connectivity index (χ1n) is 6.20. The van der Waals surface area contributed by atoms with Gasteiger partial charge in [0.1, 0.15) is 0 Å². The van der Waals surface area contributed by atoms with Crippen molar-refractivity contribution in [2.75, 3.05) is 0 Å². The molecule has 5 nitrogen and oxygen atoms in total. The van der Waals surface area contributed by atoms with Crippen LogP contribution in [0.5, 0.6) is 0 Å². The van der Waals surface area contributed by atoms with Crippen molar-refractivity contribution in [2.24, 2.45) is 14.1 Å². The minimum atomic E-state index is -0.327. The van der Waals surface area contributed by atoms with E-state index in [1.54, 1.807) is 7.05 Å². The topological polar surface area (TPSA) is 56.0 Å². The van der Waals surface area contributed by atoms with Gasteiger partial charge in [-0.2, -0.15) is 0 Å². The highest BCUT2D eigenvalue weighted by molar-refractivity contribution is 6.31. The van der Waals surface area contributed by atoms with Crippen molar-refractivity contribution in [3.8, 4) is 0 Å². The van der Waals surface area contributed by atoms with E-state index >= 15 is 0 Å². The van der Waals surface area contributed by atoms with Gasteiger partial charge >= 0.3 is 5.69 Å². The molecule has 1 heterocycles. The molecule has 2 aromatic rings. The molecular weight excluding hydrogens is 278 g/mol. The number of hydrogen-bond donors (Lipinski definition) is 1. The first kappa shape index (κ1) is 14.6. The van der Waals surface area contributed by atoms with E-state index in [4.69, 9.17) is 11.6 Å². The van der Waals surface area contributed by atoms with Gasteiger partial charge in [-0.3, -0.25) is 13.9 Å². The summed E-state index contributed by atoms with van der Waals surface area (Å²) in [5.41, 5.74) is 0.989. The van der Waals surface area contributed by atoms with E-state index in [1.807, 2.05) is 24.3 Å². The van der Waals surface area contributed by atoms with Crippen LogP contribution >= 0.6 is 11.6 Å². The number of benzene rings is 1. The van der Waals surface area contributed by atoms with Gasteiger partial charge in [0, 0.05) is 44.0 Å². The van der Waals surface area contributed by atoms with Crippen LogP contribution in [0.15, 0.2) is 39.9 Å². The molecule has 1 aromatic heterocycles. The first-order chi connectivity index (χ1) is 9.50. The Labute approximate surface area is 121 Å². The highest BCUT2D eigenvalue weighted by atomic mass is 35.5. The molecule has 0 unspecified atom stereocenters. The molecule has 20 heavy (non-hydrogen) atoms. The Kier molecular flexibility index (Phi) is 4.42. The fraction of sp³-hybridized carbons (Fsp3) is 0.286. The van der Waals surface area contributed by atoms with Gasteiger partial charge in [0.25, 0.3) is 5.56 Å². The SMILES string of the molecule is Cn1c(CNCc2ccccc2Cl)cc(=O)n(C)c1=O. The fourth-order valence-electron chi connectivity index (χ4n) is 1.91. The minimum Gasteiger partial charge on any atom is -0.307 e. The normalized spacial score (nSPS) is 10.8. The van der Waals surface area contributed by atoms with Crippen molar-refractivity contribution in [3.05, 3.63) is 67.4 Å². The average molecular weight is 294 g/mol. The maximum atomic E-state index is 11.8. The zero-order valence-corrected chi connectivity index (χ0v) is 12.1. The summed E-state index contributed by atoms with van der Waals surface area (Å²) in [6.07, 6.45) is 0. The number of nitrogens with zero attached hydrogens (tertiary/aromatic N) is 2. The Bertz CT molecular complexity index is 734. The summed E-state index contributed by atoms with van der Waals surface area (Å²) in [6, 6.07) is 9.00. The molecule has 0 radical (unpaired) electrons. The second-order valence-electron chi connectivity index (χ2n) is 4.57. The summed E-state index contributed by atoms with van der Waals surface area (Å²) in [6.45, 7) is 0.996. The van der Waals surface area contributed by atoms with E-state index in [1.165, 1.54) is 17.7 Å². The van der Waals surface area contributed by atoms with Gasteiger partial charge < -0.3 is 5.32 Å². The third-order valence-electron chi connectivity index (χ3n) is 3.20. The number of nitrogens with one attached hydrogen (secondary N) is 1.